The molecule has 1 N–H and O–H groups in total. The maximum absolute atomic E-state index is 13.2. The topological polar surface area (TPSA) is 58.6 Å². The summed E-state index contributed by atoms with van der Waals surface area (Å²) in [5, 5.41) is 2.80. The molecule has 1 saturated carbocycles. The number of anilines is 1. The van der Waals surface area contributed by atoms with Gasteiger partial charge in [0.2, 0.25) is 5.91 Å². The third-order valence-corrected chi connectivity index (χ3v) is 6.95. The molecule has 2 aromatic rings. The van der Waals surface area contributed by atoms with E-state index in [1.165, 1.54) is 18.9 Å². The summed E-state index contributed by atoms with van der Waals surface area (Å²) in [5.74, 6) is 0.0529. The van der Waals surface area contributed by atoms with E-state index in [0.717, 1.165) is 43.6 Å². The lowest BCUT2D eigenvalue weighted by atomic mass is 9.63. The number of ether oxygens (including phenoxy) is 1. The summed E-state index contributed by atoms with van der Waals surface area (Å²) < 4.78 is 5.97. The zero-order chi connectivity index (χ0) is 22.7. The lowest BCUT2D eigenvalue weighted by Crippen LogP contribution is -2.53. The van der Waals surface area contributed by atoms with Crippen LogP contribution in [0, 0.1) is 11.3 Å². The Bertz CT molecular complexity index is 1030. The zero-order valence-electron chi connectivity index (χ0n) is 19.0. The first-order valence-electron chi connectivity index (χ1n) is 11.5. The third-order valence-electron chi connectivity index (χ3n) is 6.95. The second kappa shape index (κ2) is 9.29. The SMILES string of the molecule is C=C1[C@@H]2CCC[C@@]1(COC(=O)c1ccccc1-c1cccc(NC(C)=O)c1)CN(CC)C2. The second-order valence-corrected chi connectivity index (χ2v) is 9.11. The van der Waals surface area contributed by atoms with Gasteiger partial charge in [0.15, 0.2) is 0 Å². The maximum Gasteiger partial charge on any atom is 0.338 e. The number of hydrogen-bond acceptors (Lipinski definition) is 4. The van der Waals surface area contributed by atoms with Crippen LogP contribution >= 0.6 is 0 Å². The summed E-state index contributed by atoms with van der Waals surface area (Å²) in [6.45, 7) is 11.5. The number of carbonyl (C=O) groups excluding carboxylic acids is 2. The van der Waals surface area contributed by atoms with Crippen LogP contribution in [-0.2, 0) is 9.53 Å². The van der Waals surface area contributed by atoms with Crippen LogP contribution in [0.4, 0.5) is 5.69 Å². The van der Waals surface area contributed by atoms with Crippen LogP contribution in [0.15, 0.2) is 60.7 Å². The van der Waals surface area contributed by atoms with Gasteiger partial charge in [-0.1, -0.05) is 55.8 Å². The Morgan fingerprint density at radius 3 is 2.81 bits per heavy atom. The lowest BCUT2D eigenvalue weighted by molar-refractivity contribution is -0.114. The van der Waals surface area contributed by atoms with Crippen LogP contribution in [0.25, 0.3) is 11.1 Å². The molecule has 0 aromatic heterocycles. The smallest absolute Gasteiger partial charge is 0.338 e. The van der Waals surface area contributed by atoms with Crippen LogP contribution in [0.5, 0.6) is 0 Å². The van der Waals surface area contributed by atoms with Gasteiger partial charge in [0.25, 0.3) is 0 Å². The zero-order valence-corrected chi connectivity index (χ0v) is 19.0. The van der Waals surface area contributed by atoms with E-state index < -0.39 is 0 Å². The van der Waals surface area contributed by atoms with Gasteiger partial charge >= 0.3 is 5.97 Å². The Morgan fingerprint density at radius 1 is 1.22 bits per heavy atom. The molecule has 2 bridgehead atoms. The van der Waals surface area contributed by atoms with E-state index in [2.05, 4.69) is 23.7 Å². The predicted molar refractivity (Wildman–Crippen MR) is 127 cm³/mol. The maximum atomic E-state index is 13.2. The normalized spacial score (nSPS) is 22.9. The second-order valence-electron chi connectivity index (χ2n) is 9.11. The molecule has 1 heterocycles. The van der Waals surface area contributed by atoms with Crippen molar-refractivity contribution in [3.63, 3.8) is 0 Å². The van der Waals surface area contributed by atoms with Crippen LogP contribution in [-0.4, -0.2) is 43.0 Å². The third kappa shape index (κ3) is 4.49. The number of nitrogens with zero attached hydrogens (tertiary/aromatic N) is 1. The number of rotatable bonds is 6. The minimum Gasteiger partial charge on any atom is -0.461 e. The molecule has 4 rings (SSSR count). The summed E-state index contributed by atoms with van der Waals surface area (Å²) in [7, 11) is 0. The summed E-state index contributed by atoms with van der Waals surface area (Å²) in [5.41, 5.74) is 4.00. The van der Waals surface area contributed by atoms with Crippen LogP contribution in [0.1, 0.15) is 43.5 Å². The standard InChI is InChI=1S/C27H32N2O3/c1-4-29-16-22-10-8-14-27(17-29,19(22)2)18-32-26(31)25-13-6-5-12-24(25)21-9-7-11-23(15-21)28-20(3)30/h5-7,9,11-13,15,22H,2,4,8,10,14,16-18H2,1,3H3,(H,28,30)/t22-,27+/m1/s1. The molecule has 0 spiro atoms. The number of nitrogens with one attached hydrogen (secondary N) is 1. The van der Waals surface area contributed by atoms with Gasteiger partial charge in [-0.2, -0.15) is 0 Å². The Balaban J connectivity index is 1.55. The summed E-state index contributed by atoms with van der Waals surface area (Å²) in [6, 6.07) is 15.0. The van der Waals surface area contributed by atoms with Crippen molar-refractivity contribution in [1.82, 2.24) is 4.90 Å². The van der Waals surface area contributed by atoms with Gasteiger partial charge < -0.3 is 15.0 Å². The Morgan fingerprint density at radius 2 is 2.03 bits per heavy atom. The molecule has 1 aliphatic heterocycles. The number of carbonyl (C=O) groups is 2. The molecular weight excluding hydrogens is 400 g/mol. The molecule has 1 saturated heterocycles. The van der Waals surface area contributed by atoms with E-state index in [-0.39, 0.29) is 17.3 Å². The monoisotopic (exact) mass is 432 g/mol. The Labute approximate surface area is 190 Å². The molecule has 1 amide bonds. The highest BCUT2D eigenvalue weighted by Gasteiger charge is 2.46. The molecule has 2 aromatic carbocycles. The molecular formula is C27H32N2O3. The Kier molecular flexibility index (Phi) is 6.47. The molecule has 0 radical (unpaired) electrons. The van der Waals surface area contributed by atoms with Gasteiger partial charge in [0.1, 0.15) is 6.61 Å². The first kappa shape index (κ1) is 22.3. The number of amides is 1. The number of fused-ring (bicyclic) bond motifs is 2. The molecule has 5 heteroatoms. The fourth-order valence-corrected chi connectivity index (χ4v) is 5.25. The number of likely N-dealkylation sites (tertiary alicyclic amines) is 1. The average molecular weight is 433 g/mol. The first-order chi connectivity index (χ1) is 15.4. The van der Waals surface area contributed by atoms with E-state index in [1.807, 2.05) is 42.5 Å². The molecule has 168 valence electrons. The fraction of sp³-hybridized carbons (Fsp3) is 0.407. The number of hydrogen-bond donors (Lipinski definition) is 1. The highest BCUT2D eigenvalue weighted by Crippen LogP contribution is 2.47. The molecule has 2 atom stereocenters. The number of benzene rings is 2. The number of piperidine rings is 1. The quantitative estimate of drug-likeness (QED) is 0.507. The molecule has 32 heavy (non-hydrogen) atoms. The van der Waals surface area contributed by atoms with Gasteiger partial charge in [0, 0.05) is 31.1 Å². The van der Waals surface area contributed by atoms with Crippen molar-refractivity contribution >= 4 is 17.6 Å². The molecule has 5 nitrogen and oxygen atoms in total. The van der Waals surface area contributed by atoms with Crippen LogP contribution in [0.3, 0.4) is 0 Å². The highest BCUT2D eigenvalue weighted by molar-refractivity contribution is 5.98. The van der Waals surface area contributed by atoms with E-state index >= 15 is 0 Å². The van der Waals surface area contributed by atoms with Crippen LogP contribution < -0.4 is 5.32 Å². The van der Waals surface area contributed by atoms with Gasteiger partial charge in [0.05, 0.1) is 5.56 Å². The molecule has 2 fully saturated rings. The molecule has 0 unspecified atom stereocenters. The average Bonchev–Trinajstić information content (AvgIpc) is 2.78. The van der Waals surface area contributed by atoms with Gasteiger partial charge in [-0.3, -0.25) is 4.79 Å². The van der Waals surface area contributed by atoms with E-state index in [4.69, 9.17) is 4.74 Å². The minimum absolute atomic E-state index is 0.131. The number of esters is 1. The summed E-state index contributed by atoms with van der Waals surface area (Å²) in [6.07, 6.45) is 3.36. The van der Waals surface area contributed by atoms with Gasteiger partial charge in [-0.05, 0) is 54.6 Å². The van der Waals surface area contributed by atoms with E-state index in [9.17, 15) is 9.59 Å². The summed E-state index contributed by atoms with van der Waals surface area (Å²) in [4.78, 5) is 27.1. The predicted octanol–water partition coefficient (Wildman–Crippen LogP) is 5.15. The first-order valence-corrected chi connectivity index (χ1v) is 11.5. The van der Waals surface area contributed by atoms with Crippen molar-refractivity contribution in [3.05, 3.63) is 66.2 Å². The van der Waals surface area contributed by atoms with Crippen molar-refractivity contribution < 1.29 is 14.3 Å². The fourth-order valence-electron chi connectivity index (χ4n) is 5.25. The molecule has 2 aliphatic rings. The van der Waals surface area contributed by atoms with Crippen molar-refractivity contribution in [2.24, 2.45) is 11.3 Å². The molecule has 1 aliphatic carbocycles. The van der Waals surface area contributed by atoms with Crippen molar-refractivity contribution in [2.75, 3.05) is 31.6 Å². The highest BCUT2D eigenvalue weighted by atomic mass is 16.5. The minimum atomic E-state index is -0.316. The van der Waals surface area contributed by atoms with Crippen molar-refractivity contribution in [3.8, 4) is 11.1 Å². The van der Waals surface area contributed by atoms with Gasteiger partial charge in [-0.15, -0.1) is 0 Å². The lowest BCUT2D eigenvalue weighted by Gasteiger charge is -2.51. The van der Waals surface area contributed by atoms with E-state index in [0.29, 0.717) is 23.8 Å². The van der Waals surface area contributed by atoms with Crippen molar-refractivity contribution in [2.45, 2.75) is 33.1 Å². The van der Waals surface area contributed by atoms with Crippen molar-refractivity contribution in [1.29, 1.82) is 0 Å². The summed E-state index contributed by atoms with van der Waals surface area (Å²) >= 11 is 0. The van der Waals surface area contributed by atoms with Gasteiger partial charge in [-0.25, -0.2) is 4.79 Å². The van der Waals surface area contributed by atoms with Crippen LogP contribution in [0.2, 0.25) is 0 Å². The Hall–Kier alpha value is -2.92. The van der Waals surface area contributed by atoms with E-state index in [1.54, 1.807) is 6.07 Å². The largest absolute Gasteiger partial charge is 0.461 e.